The molecule has 26 heavy (non-hydrogen) atoms. The zero-order chi connectivity index (χ0) is 17.9. The number of para-hydroxylation sites is 1. The van der Waals surface area contributed by atoms with E-state index < -0.39 is 0 Å². The first-order valence-electron chi connectivity index (χ1n) is 8.57. The fourth-order valence-corrected chi connectivity index (χ4v) is 3.07. The summed E-state index contributed by atoms with van der Waals surface area (Å²) < 4.78 is 17.0. The molecule has 3 aromatic rings. The van der Waals surface area contributed by atoms with Crippen LogP contribution in [0.2, 0.25) is 0 Å². The van der Waals surface area contributed by atoms with Crippen molar-refractivity contribution in [2.75, 3.05) is 18.4 Å². The minimum atomic E-state index is -0.381. The maximum absolute atomic E-state index is 13.8. The maximum atomic E-state index is 13.8. The largest absolute Gasteiger partial charge is 0.318 e. The number of carbonyl (C=O) groups excluding carboxylic acids is 1. The minimum Gasteiger partial charge on any atom is -0.318 e. The number of anilines is 1. The Morgan fingerprint density at radius 2 is 2.19 bits per heavy atom. The molecule has 0 aliphatic carbocycles. The van der Waals surface area contributed by atoms with Crippen molar-refractivity contribution < 1.29 is 9.18 Å². The molecular weight excluding hydrogens is 335 g/mol. The van der Waals surface area contributed by atoms with Crippen LogP contribution in [0.15, 0.2) is 48.9 Å². The van der Waals surface area contributed by atoms with Crippen LogP contribution in [0.4, 0.5) is 10.1 Å². The highest BCUT2D eigenvalue weighted by molar-refractivity contribution is 6.02. The SMILES string of the molecule is O=C(Nc1cnn(-c2ccccc2F)c1)c1ccn(C2CCCNC2)n1. The lowest BCUT2D eigenvalue weighted by Crippen LogP contribution is -2.32. The van der Waals surface area contributed by atoms with E-state index in [0.29, 0.717) is 17.1 Å². The number of piperidine rings is 1. The van der Waals surface area contributed by atoms with Crippen molar-refractivity contribution >= 4 is 11.6 Å². The molecule has 7 nitrogen and oxygen atoms in total. The van der Waals surface area contributed by atoms with Gasteiger partial charge in [-0.25, -0.2) is 9.07 Å². The highest BCUT2D eigenvalue weighted by Gasteiger charge is 2.18. The van der Waals surface area contributed by atoms with Gasteiger partial charge in [0.1, 0.15) is 11.5 Å². The molecule has 134 valence electrons. The molecular formula is C18H19FN6O. The molecule has 0 bridgehead atoms. The number of nitrogens with one attached hydrogen (secondary N) is 2. The standard InChI is InChI=1S/C18H19FN6O/c19-15-5-1-2-6-17(15)25-12-13(10-21-25)22-18(26)16-7-9-24(23-16)14-4-3-8-20-11-14/h1-2,5-7,9-10,12,14,20H,3-4,8,11H2,(H,22,26). The van der Waals surface area contributed by atoms with Gasteiger partial charge in [-0.2, -0.15) is 10.2 Å². The molecule has 4 rings (SSSR count). The number of carbonyl (C=O) groups is 1. The van der Waals surface area contributed by atoms with Crippen molar-refractivity contribution in [2.45, 2.75) is 18.9 Å². The molecule has 1 fully saturated rings. The predicted octanol–water partition coefficient (Wildman–Crippen LogP) is 2.38. The molecule has 0 radical (unpaired) electrons. The number of amides is 1. The summed E-state index contributed by atoms with van der Waals surface area (Å²) in [6.45, 7) is 1.88. The molecule has 2 N–H and O–H groups in total. The van der Waals surface area contributed by atoms with Gasteiger partial charge in [0.2, 0.25) is 0 Å². The number of hydrogen-bond acceptors (Lipinski definition) is 4. The van der Waals surface area contributed by atoms with E-state index in [4.69, 9.17) is 0 Å². The quantitative estimate of drug-likeness (QED) is 0.754. The molecule has 1 atom stereocenters. The molecule has 1 aliphatic heterocycles. The van der Waals surface area contributed by atoms with Gasteiger partial charge in [-0.1, -0.05) is 12.1 Å². The molecule has 1 unspecified atom stereocenters. The Kier molecular flexibility index (Phi) is 4.49. The average Bonchev–Trinajstić information content (AvgIpc) is 3.33. The van der Waals surface area contributed by atoms with Gasteiger partial charge in [0.05, 0.1) is 24.1 Å². The number of halogens is 1. The normalized spacial score (nSPS) is 17.2. The van der Waals surface area contributed by atoms with Crippen LogP contribution in [-0.2, 0) is 0 Å². The monoisotopic (exact) mass is 354 g/mol. The summed E-state index contributed by atoms with van der Waals surface area (Å²) in [7, 11) is 0. The van der Waals surface area contributed by atoms with Gasteiger partial charge in [-0.3, -0.25) is 9.48 Å². The summed E-state index contributed by atoms with van der Waals surface area (Å²) in [6.07, 6.45) is 7.02. The van der Waals surface area contributed by atoms with Crippen molar-refractivity contribution in [2.24, 2.45) is 0 Å². The second kappa shape index (κ2) is 7.09. The summed E-state index contributed by atoms with van der Waals surface area (Å²) in [5, 5.41) is 14.6. The van der Waals surface area contributed by atoms with Crippen LogP contribution in [0.3, 0.4) is 0 Å². The van der Waals surface area contributed by atoms with Gasteiger partial charge in [-0.05, 0) is 37.6 Å². The number of aromatic nitrogens is 4. The molecule has 1 saturated heterocycles. The van der Waals surface area contributed by atoms with E-state index in [1.165, 1.54) is 16.9 Å². The Morgan fingerprint density at radius 3 is 3.00 bits per heavy atom. The summed E-state index contributed by atoms with van der Waals surface area (Å²) in [5.41, 5.74) is 1.14. The van der Waals surface area contributed by atoms with Crippen LogP contribution < -0.4 is 10.6 Å². The van der Waals surface area contributed by atoms with E-state index in [1.54, 1.807) is 30.5 Å². The lowest BCUT2D eigenvalue weighted by Gasteiger charge is -2.22. The minimum absolute atomic E-state index is 0.272. The van der Waals surface area contributed by atoms with Crippen LogP contribution in [0, 0.1) is 5.82 Å². The third-order valence-electron chi connectivity index (χ3n) is 4.43. The van der Waals surface area contributed by atoms with Crippen molar-refractivity contribution in [3.8, 4) is 5.69 Å². The molecule has 8 heteroatoms. The molecule has 3 heterocycles. The van der Waals surface area contributed by atoms with Crippen molar-refractivity contribution in [1.29, 1.82) is 0 Å². The number of benzene rings is 1. The Bertz CT molecular complexity index is 912. The lowest BCUT2D eigenvalue weighted by atomic mass is 10.1. The van der Waals surface area contributed by atoms with Gasteiger partial charge in [0.25, 0.3) is 5.91 Å². The van der Waals surface area contributed by atoms with Gasteiger partial charge in [0.15, 0.2) is 5.69 Å². The Labute approximate surface area is 149 Å². The van der Waals surface area contributed by atoms with Gasteiger partial charge in [-0.15, -0.1) is 0 Å². The molecule has 0 spiro atoms. The summed E-state index contributed by atoms with van der Waals surface area (Å²) in [5.74, 6) is -0.700. The van der Waals surface area contributed by atoms with E-state index in [0.717, 1.165) is 25.9 Å². The zero-order valence-electron chi connectivity index (χ0n) is 14.1. The average molecular weight is 354 g/mol. The summed E-state index contributed by atoms with van der Waals surface area (Å²) >= 11 is 0. The van der Waals surface area contributed by atoms with Crippen LogP contribution >= 0.6 is 0 Å². The number of rotatable bonds is 4. The van der Waals surface area contributed by atoms with Gasteiger partial charge < -0.3 is 10.6 Å². The number of hydrogen-bond donors (Lipinski definition) is 2. The molecule has 2 aromatic heterocycles. The van der Waals surface area contributed by atoms with Crippen LogP contribution in [0.5, 0.6) is 0 Å². The van der Waals surface area contributed by atoms with Crippen molar-refractivity contribution in [3.05, 3.63) is 60.4 Å². The molecule has 1 aliphatic rings. The molecule has 0 saturated carbocycles. The predicted molar refractivity (Wildman–Crippen MR) is 94.8 cm³/mol. The van der Waals surface area contributed by atoms with Gasteiger partial charge in [0, 0.05) is 12.7 Å². The lowest BCUT2D eigenvalue weighted by molar-refractivity contribution is 0.102. The van der Waals surface area contributed by atoms with E-state index >= 15 is 0 Å². The third-order valence-corrected chi connectivity index (χ3v) is 4.43. The van der Waals surface area contributed by atoms with E-state index in [2.05, 4.69) is 20.8 Å². The second-order valence-electron chi connectivity index (χ2n) is 6.26. The maximum Gasteiger partial charge on any atom is 0.276 e. The first kappa shape index (κ1) is 16.5. The summed E-state index contributed by atoms with van der Waals surface area (Å²) in [4.78, 5) is 12.4. The number of nitrogens with zero attached hydrogens (tertiary/aromatic N) is 4. The van der Waals surface area contributed by atoms with E-state index in [-0.39, 0.29) is 17.8 Å². The topological polar surface area (TPSA) is 76.8 Å². The van der Waals surface area contributed by atoms with E-state index in [9.17, 15) is 9.18 Å². The first-order valence-corrected chi connectivity index (χ1v) is 8.57. The Balaban J connectivity index is 1.45. The van der Waals surface area contributed by atoms with Crippen LogP contribution in [0.25, 0.3) is 5.69 Å². The van der Waals surface area contributed by atoms with Crippen molar-refractivity contribution in [1.82, 2.24) is 24.9 Å². The van der Waals surface area contributed by atoms with Gasteiger partial charge >= 0.3 is 0 Å². The highest BCUT2D eigenvalue weighted by Crippen LogP contribution is 2.17. The zero-order valence-corrected chi connectivity index (χ0v) is 14.1. The van der Waals surface area contributed by atoms with Crippen LogP contribution in [0.1, 0.15) is 29.4 Å². The summed E-state index contributed by atoms with van der Waals surface area (Å²) in [6, 6.07) is 8.30. The molecule has 1 aromatic carbocycles. The first-order chi connectivity index (χ1) is 12.7. The van der Waals surface area contributed by atoms with Crippen LogP contribution in [-0.4, -0.2) is 38.6 Å². The Hall–Kier alpha value is -3.00. The van der Waals surface area contributed by atoms with E-state index in [1.807, 2.05) is 10.9 Å². The fraction of sp³-hybridized carbons (Fsp3) is 0.278. The third kappa shape index (κ3) is 3.36. The molecule has 1 amide bonds. The Morgan fingerprint density at radius 1 is 1.31 bits per heavy atom. The smallest absolute Gasteiger partial charge is 0.276 e. The second-order valence-corrected chi connectivity index (χ2v) is 6.26. The van der Waals surface area contributed by atoms with Crippen molar-refractivity contribution in [3.63, 3.8) is 0 Å². The highest BCUT2D eigenvalue weighted by atomic mass is 19.1. The fourth-order valence-electron chi connectivity index (χ4n) is 3.07.